The van der Waals surface area contributed by atoms with Gasteiger partial charge in [-0.25, -0.2) is 18.6 Å². The first kappa shape index (κ1) is 23.7. The lowest BCUT2D eigenvalue weighted by Crippen LogP contribution is -2.25. The largest absolute Gasteiger partial charge is 0.347 e. The molecule has 0 bridgehead atoms. The molecule has 13 heteroatoms. The number of aromatic nitrogens is 9. The number of carbonyl (C=O) groups is 1. The number of hydrogen-bond donors (Lipinski definition) is 1. The zero-order valence-electron chi connectivity index (χ0n) is 20.8. The minimum Gasteiger partial charge on any atom is -0.347 e. The third-order valence-corrected chi connectivity index (χ3v) is 6.21. The van der Waals surface area contributed by atoms with Gasteiger partial charge in [-0.3, -0.25) is 14.2 Å². The van der Waals surface area contributed by atoms with Crippen LogP contribution in [0.25, 0.3) is 33.7 Å². The molecule has 0 radical (unpaired) electrons. The van der Waals surface area contributed by atoms with Crippen LogP contribution in [-0.2, 0) is 20.6 Å². The maximum absolute atomic E-state index is 13.2. The molecule has 0 atom stereocenters. The number of fused-ring (bicyclic) bond motifs is 1. The highest BCUT2D eigenvalue weighted by atomic mass is 19.1. The van der Waals surface area contributed by atoms with E-state index in [9.17, 15) is 14.4 Å². The Morgan fingerprint density at radius 1 is 1.03 bits per heavy atom. The lowest BCUT2D eigenvalue weighted by atomic mass is 10.0. The van der Waals surface area contributed by atoms with Crippen LogP contribution in [0.3, 0.4) is 0 Å². The van der Waals surface area contributed by atoms with E-state index in [4.69, 9.17) is 0 Å². The fourth-order valence-electron chi connectivity index (χ4n) is 4.29. The second-order valence-corrected chi connectivity index (χ2v) is 8.86. The Morgan fingerprint density at radius 3 is 2.59 bits per heavy atom. The summed E-state index contributed by atoms with van der Waals surface area (Å²) in [6, 6.07) is 9.24. The fourth-order valence-corrected chi connectivity index (χ4v) is 4.29. The van der Waals surface area contributed by atoms with Gasteiger partial charge in [0.05, 0.1) is 41.6 Å². The summed E-state index contributed by atoms with van der Waals surface area (Å²) in [5.41, 5.74) is 4.98. The lowest BCUT2D eigenvalue weighted by molar-refractivity contribution is 0.0941. The van der Waals surface area contributed by atoms with Crippen LogP contribution in [0.1, 0.15) is 21.6 Å². The van der Waals surface area contributed by atoms with E-state index >= 15 is 0 Å². The smallest absolute Gasteiger partial charge is 0.269 e. The summed E-state index contributed by atoms with van der Waals surface area (Å²) in [4.78, 5) is 17.3. The number of rotatable bonds is 6. The summed E-state index contributed by atoms with van der Waals surface area (Å²) < 4.78 is 19.4. The number of nitriles is 1. The average Bonchev–Trinajstić information content (AvgIpc) is 3.74. The number of carbonyl (C=O) groups excluding carboxylic acids is 1. The van der Waals surface area contributed by atoms with Crippen LogP contribution < -0.4 is 5.32 Å². The maximum Gasteiger partial charge on any atom is 0.269 e. The van der Waals surface area contributed by atoms with Crippen LogP contribution in [0, 0.1) is 17.1 Å². The Kier molecular flexibility index (Phi) is 5.69. The molecule has 0 spiro atoms. The predicted molar refractivity (Wildman–Crippen MR) is 137 cm³/mol. The Bertz CT molecular complexity index is 1890. The molecular formula is C26H20FN11O. The van der Waals surface area contributed by atoms with E-state index in [1.807, 2.05) is 25.5 Å². The van der Waals surface area contributed by atoms with Gasteiger partial charge >= 0.3 is 0 Å². The van der Waals surface area contributed by atoms with Crippen molar-refractivity contribution in [3.8, 4) is 34.3 Å². The van der Waals surface area contributed by atoms with Crippen molar-refractivity contribution >= 4 is 11.4 Å². The van der Waals surface area contributed by atoms with E-state index in [2.05, 4.69) is 36.8 Å². The highest BCUT2D eigenvalue weighted by Crippen LogP contribution is 2.31. The van der Waals surface area contributed by atoms with Crippen molar-refractivity contribution in [2.45, 2.75) is 6.54 Å². The van der Waals surface area contributed by atoms with E-state index in [0.29, 0.717) is 33.8 Å². The number of aryl methyl sites for hydroxylation is 2. The Morgan fingerprint density at radius 2 is 1.90 bits per heavy atom. The Labute approximate surface area is 220 Å². The standard InChI is InChI=1S/C26H20FN11O/c1-35-13-19(11-31-35)17-5-21(25-18(7-28)10-32-38(25)14-17)22-6-23(36(2)34-22)26(39)30-9-16-3-4-24(29-8-16)37-15-20(27)12-33-37/h3-6,8,10-15H,9H2,1-2H3,(H,30,39). The monoisotopic (exact) mass is 521 g/mol. The second-order valence-electron chi connectivity index (χ2n) is 8.86. The Hall–Kier alpha value is -5.64. The molecule has 6 heterocycles. The summed E-state index contributed by atoms with van der Waals surface area (Å²) in [7, 11) is 3.51. The highest BCUT2D eigenvalue weighted by Gasteiger charge is 2.20. The first-order valence-electron chi connectivity index (χ1n) is 11.8. The minimum absolute atomic E-state index is 0.224. The van der Waals surface area contributed by atoms with Crippen LogP contribution in [0.15, 0.2) is 67.6 Å². The topological polar surface area (TPSA) is 137 Å². The third-order valence-electron chi connectivity index (χ3n) is 6.21. The van der Waals surface area contributed by atoms with Gasteiger partial charge in [-0.1, -0.05) is 6.07 Å². The molecule has 0 unspecified atom stereocenters. The SMILES string of the molecule is Cn1cc(-c2cc(-c3cc(C(=O)NCc4ccc(-n5cc(F)cn5)nc4)n(C)n3)c3c(C#N)cnn3c2)cn1. The van der Waals surface area contributed by atoms with Gasteiger partial charge in [-0.15, -0.1) is 0 Å². The summed E-state index contributed by atoms with van der Waals surface area (Å²) in [5.74, 6) is -0.324. The second kappa shape index (κ2) is 9.34. The van der Waals surface area contributed by atoms with Gasteiger partial charge in [0.1, 0.15) is 11.8 Å². The summed E-state index contributed by atoms with van der Waals surface area (Å²) in [6.45, 7) is 0.224. The van der Waals surface area contributed by atoms with Crippen molar-refractivity contribution in [2.75, 3.05) is 0 Å². The molecule has 0 aliphatic carbocycles. The molecule has 0 aliphatic rings. The van der Waals surface area contributed by atoms with Gasteiger partial charge < -0.3 is 5.32 Å². The Balaban J connectivity index is 1.27. The quantitative estimate of drug-likeness (QED) is 0.356. The molecule has 0 saturated carbocycles. The average molecular weight is 522 g/mol. The molecule has 1 amide bonds. The molecule has 12 nitrogen and oxygen atoms in total. The van der Waals surface area contributed by atoms with E-state index in [1.54, 1.807) is 46.8 Å². The van der Waals surface area contributed by atoms with E-state index < -0.39 is 5.82 Å². The first-order valence-corrected chi connectivity index (χ1v) is 11.8. The van der Waals surface area contributed by atoms with Crippen molar-refractivity contribution in [2.24, 2.45) is 14.1 Å². The number of halogens is 1. The number of nitrogens with zero attached hydrogens (tertiary/aromatic N) is 10. The molecule has 0 aliphatic heterocycles. The molecule has 6 rings (SSSR count). The van der Waals surface area contributed by atoms with E-state index in [0.717, 1.165) is 22.9 Å². The molecule has 0 aromatic carbocycles. The van der Waals surface area contributed by atoms with Gasteiger partial charge in [0.15, 0.2) is 11.6 Å². The molecule has 39 heavy (non-hydrogen) atoms. The van der Waals surface area contributed by atoms with E-state index in [-0.39, 0.29) is 12.5 Å². The highest BCUT2D eigenvalue weighted by molar-refractivity contribution is 5.95. The number of hydrogen-bond acceptors (Lipinski definition) is 7. The van der Waals surface area contributed by atoms with Gasteiger partial charge in [-0.2, -0.15) is 25.7 Å². The van der Waals surface area contributed by atoms with Crippen LogP contribution in [-0.4, -0.2) is 49.8 Å². The fraction of sp³-hybridized carbons (Fsp3) is 0.115. The normalized spacial score (nSPS) is 11.1. The molecule has 0 saturated heterocycles. The molecule has 1 N–H and O–H groups in total. The number of amides is 1. The maximum atomic E-state index is 13.2. The molecule has 0 fully saturated rings. The molecule has 192 valence electrons. The van der Waals surface area contributed by atoms with Gasteiger partial charge in [0, 0.05) is 55.9 Å². The summed E-state index contributed by atoms with van der Waals surface area (Å²) in [6.07, 6.45) is 10.9. The van der Waals surface area contributed by atoms with Crippen LogP contribution >= 0.6 is 0 Å². The summed E-state index contributed by atoms with van der Waals surface area (Å²) in [5, 5.41) is 29.6. The molecule has 6 aromatic rings. The van der Waals surface area contributed by atoms with Crippen molar-refractivity contribution in [3.63, 3.8) is 0 Å². The molecular weight excluding hydrogens is 501 g/mol. The molecule has 6 aromatic heterocycles. The zero-order valence-corrected chi connectivity index (χ0v) is 20.8. The van der Waals surface area contributed by atoms with Crippen LogP contribution in [0.4, 0.5) is 4.39 Å². The van der Waals surface area contributed by atoms with Gasteiger partial charge in [0.2, 0.25) is 0 Å². The number of pyridine rings is 2. The zero-order chi connectivity index (χ0) is 27.1. The minimum atomic E-state index is -0.453. The summed E-state index contributed by atoms with van der Waals surface area (Å²) >= 11 is 0. The van der Waals surface area contributed by atoms with Crippen LogP contribution in [0.5, 0.6) is 0 Å². The van der Waals surface area contributed by atoms with Crippen molar-refractivity contribution in [3.05, 3.63) is 90.3 Å². The third kappa shape index (κ3) is 4.40. The van der Waals surface area contributed by atoms with Crippen molar-refractivity contribution < 1.29 is 9.18 Å². The van der Waals surface area contributed by atoms with Gasteiger partial charge in [0.25, 0.3) is 5.91 Å². The van der Waals surface area contributed by atoms with Gasteiger partial charge in [-0.05, 0) is 23.8 Å². The van der Waals surface area contributed by atoms with Crippen molar-refractivity contribution in [1.82, 2.24) is 49.3 Å². The number of nitrogens with one attached hydrogen (secondary N) is 1. The lowest BCUT2D eigenvalue weighted by Gasteiger charge is -2.06. The first-order chi connectivity index (χ1) is 18.9. The van der Waals surface area contributed by atoms with Crippen molar-refractivity contribution in [1.29, 1.82) is 5.26 Å². The predicted octanol–water partition coefficient (Wildman–Crippen LogP) is 2.66. The van der Waals surface area contributed by atoms with Crippen LogP contribution in [0.2, 0.25) is 0 Å². The van der Waals surface area contributed by atoms with E-state index in [1.165, 1.54) is 21.8 Å².